The Bertz CT molecular complexity index is 373. The summed E-state index contributed by atoms with van der Waals surface area (Å²) in [7, 11) is 0. The molecule has 1 rings (SSSR count). The zero-order valence-corrected chi connectivity index (χ0v) is 10.2. The third-order valence-corrected chi connectivity index (χ3v) is 2.63. The number of carboxylic acids is 1. The van der Waals surface area contributed by atoms with Crippen LogP contribution < -0.4 is 4.90 Å². The minimum absolute atomic E-state index is 0.145. The van der Waals surface area contributed by atoms with Gasteiger partial charge in [-0.3, -0.25) is 4.79 Å². The number of rotatable bonds is 7. The van der Waals surface area contributed by atoms with E-state index < -0.39 is 5.97 Å². The molecule has 1 aromatic carbocycles. The van der Waals surface area contributed by atoms with Crippen molar-refractivity contribution in [1.82, 2.24) is 0 Å². The average molecular weight is 233 g/mol. The lowest BCUT2D eigenvalue weighted by Gasteiger charge is -2.25. The largest absolute Gasteiger partial charge is 0.481 e. The summed E-state index contributed by atoms with van der Waals surface area (Å²) in [6, 6.07) is 9.85. The number of anilines is 1. The zero-order chi connectivity index (χ0) is 12.7. The molecule has 0 aliphatic rings. The molecule has 0 spiro atoms. The number of para-hydroxylation sites is 1. The molecule has 17 heavy (non-hydrogen) atoms. The van der Waals surface area contributed by atoms with E-state index in [1.54, 1.807) is 0 Å². The third-order valence-electron chi connectivity index (χ3n) is 2.63. The lowest BCUT2D eigenvalue weighted by Crippen LogP contribution is -2.28. The number of aliphatic carboxylic acids is 1. The van der Waals surface area contributed by atoms with Crippen LogP contribution in [0.15, 0.2) is 42.5 Å². The normalized spacial score (nSPS) is 9.94. The fraction of sp³-hybridized carbons (Fsp3) is 0.357. The van der Waals surface area contributed by atoms with Crippen LogP contribution in [-0.2, 0) is 4.79 Å². The summed E-state index contributed by atoms with van der Waals surface area (Å²) in [5, 5.41) is 8.75. The van der Waals surface area contributed by atoms with Crippen molar-refractivity contribution in [3.05, 3.63) is 42.5 Å². The molecule has 0 aliphatic carbocycles. The van der Waals surface area contributed by atoms with Gasteiger partial charge in [0.25, 0.3) is 0 Å². The van der Waals surface area contributed by atoms with Crippen LogP contribution in [0.3, 0.4) is 0 Å². The van der Waals surface area contributed by atoms with Gasteiger partial charge < -0.3 is 10.0 Å². The summed E-state index contributed by atoms with van der Waals surface area (Å²) in [5.41, 5.74) is 2.16. The van der Waals surface area contributed by atoms with Crippen molar-refractivity contribution in [1.29, 1.82) is 0 Å². The zero-order valence-electron chi connectivity index (χ0n) is 10.2. The Morgan fingerprint density at radius 1 is 1.35 bits per heavy atom. The molecule has 0 saturated heterocycles. The molecule has 0 radical (unpaired) electrons. The van der Waals surface area contributed by atoms with Crippen molar-refractivity contribution in [2.75, 3.05) is 18.0 Å². The molecule has 1 aromatic rings. The van der Waals surface area contributed by atoms with E-state index in [9.17, 15) is 4.79 Å². The summed E-state index contributed by atoms with van der Waals surface area (Å²) in [6.45, 7) is 7.26. The molecule has 0 unspecified atom stereocenters. The maximum absolute atomic E-state index is 10.6. The molecule has 92 valence electrons. The van der Waals surface area contributed by atoms with Crippen molar-refractivity contribution in [2.45, 2.75) is 19.8 Å². The highest BCUT2D eigenvalue weighted by molar-refractivity contribution is 5.67. The first kappa shape index (κ1) is 13.3. The Morgan fingerprint density at radius 3 is 2.53 bits per heavy atom. The lowest BCUT2D eigenvalue weighted by molar-refractivity contribution is -0.136. The van der Waals surface area contributed by atoms with Gasteiger partial charge in [0, 0.05) is 18.8 Å². The Hall–Kier alpha value is -1.77. The first-order valence-electron chi connectivity index (χ1n) is 5.82. The van der Waals surface area contributed by atoms with Gasteiger partial charge in [-0.25, -0.2) is 0 Å². The SMILES string of the molecule is C=C(CC)CN(CCC(=O)O)c1ccccc1. The van der Waals surface area contributed by atoms with Crippen LogP contribution in [0, 0.1) is 0 Å². The Balaban J connectivity index is 2.71. The van der Waals surface area contributed by atoms with E-state index in [1.807, 2.05) is 30.3 Å². The van der Waals surface area contributed by atoms with E-state index in [4.69, 9.17) is 5.11 Å². The van der Waals surface area contributed by atoms with Gasteiger partial charge in [0.2, 0.25) is 0 Å². The van der Waals surface area contributed by atoms with Crippen molar-refractivity contribution >= 4 is 11.7 Å². The van der Waals surface area contributed by atoms with Crippen LogP contribution in [0.2, 0.25) is 0 Å². The van der Waals surface area contributed by atoms with Gasteiger partial charge in [-0.2, -0.15) is 0 Å². The van der Waals surface area contributed by atoms with E-state index in [1.165, 1.54) is 0 Å². The quantitative estimate of drug-likeness (QED) is 0.736. The van der Waals surface area contributed by atoms with Crippen molar-refractivity contribution < 1.29 is 9.90 Å². The topological polar surface area (TPSA) is 40.5 Å². The van der Waals surface area contributed by atoms with E-state index in [0.29, 0.717) is 13.1 Å². The van der Waals surface area contributed by atoms with Crippen LogP contribution in [0.5, 0.6) is 0 Å². The van der Waals surface area contributed by atoms with Crippen LogP contribution in [0.25, 0.3) is 0 Å². The predicted octanol–water partition coefficient (Wildman–Crippen LogP) is 2.93. The maximum atomic E-state index is 10.6. The summed E-state index contributed by atoms with van der Waals surface area (Å²) in [6.07, 6.45) is 1.06. The fourth-order valence-corrected chi connectivity index (χ4v) is 1.55. The van der Waals surface area contributed by atoms with Gasteiger partial charge in [0.05, 0.1) is 6.42 Å². The molecule has 0 aliphatic heterocycles. The first-order valence-corrected chi connectivity index (χ1v) is 5.82. The number of carboxylic acid groups (broad SMARTS) is 1. The minimum Gasteiger partial charge on any atom is -0.481 e. The molecular weight excluding hydrogens is 214 g/mol. The number of hydrogen-bond acceptors (Lipinski definition) is 2. The maximum Gasteiger partial charge on any atom is 0.305 e. The van der Waals surface area contributed by atoms with E-state index >= 15 is 0 Å². The van der Waals surface area contributed by atoms with Gasteiger partial charge in [-0.05, 0) is 18.6 Å². The molecule has 0 fully saturated rings. The van der Waals surface area contributed by atoms with Gasteiger partial charge in [-0.15, -0.1) is 0 Å². The molecule has 1 N–H and O–H groups in total. The molecule has 3 heteroatoms. The molecule has 0 bridgehead atoms. The van der Waals surface area contributed by atoms with Crippen LogP contribution >= 0.6 is 0 Å². The van der Waals surface area contributed by atoms with Gasteiger partial charge in [0.1, 0.15) is 0 Å². The molecule has 3 nitrogen and oxygen atoms in total. The Labute approximate surface area is 102 Å². The second-order valence-electron chi connectivity index (χ2n) is 4.00. The molecule has 0 saturated carbocycles. The summed E-state index contributed by atoms with van der Waals surface area (Å²) < 4.78 is 0. The minimum atomic E-state index is -0.770. The number of carbonyl (C=O) groups is 1. The first-order chi connectivity index (χ1) is 8.13. The van der Waals surface area contributed by atoms with Crippen molar-refractivity contribution in [3.63, 3.8) is 0 Å². The van der Waals surface area contributed by atoms with Crippen molar-refractivity contribution in [2.24, 2.45) is 0 Å². The standard InChI is InChI=1S/C14H19NO2/c1-3-12(2)11-15(10-9-14(16)17)13-7-5-4-6-8-13/h4-8H,2-3,9-11H2,1H3,(H,16,17). The summed E-state index contributed by atoms with van der Waals surface area (Å²) >= 11 is 0. The van der Waals surface area contributed by atoms with Gasteiger partial charge in [0.15, 0.2) is 0 Å². The third kappa shape index (κ3) is 4.72. The van der Waals surface area contributed by atoms with E-state index in [-0.39, 0.29) is 6.42 Å². The molecular formula is C14H19NO2. The second kappa shape index (κ2) is 6.74. The van der Waals surface area contributed by atoms with Crippen molar-refractivity contribution in [3.8, 4) is 0 Å². The average Bonchev–Trinajstić information content (AvgIpc) is 2.35. The number of benzene rings is 1. The fourth-order valence-electron chi connectivity index (χ4n) is 1.55. The number of nitrogens with zero attached hydrogens (tertiary/aromatic N) is 1. The highest BCUT2D eigenvalue weighted by atomic mass is 16.4. The van der Waals surface area contributed by atoms with Crippen LogP contribution in [0.1, 0.15) is 19.8 Å². The molecule has 0 atom stereocenters. The Kier molecular flexibility index (Phi) is 5.27. The Morgan fingerprint density at radius 2 is 2.00 bits per heavy atom. The van der Waals surface area contributed by atoms with E-state index in [2.05, 4.69) is 18.4 Å². The monoisotopic (exact) mass is 233 g/mol. The van der Waals surface area contributed by atoms with E-state index in [0.717, 1.165) is 17.7 Å². The predicted molar refractivity (Wildman–Crippen MR) is 70.3 cm³/mol. The second-order valence-corrected chi connectivity index (χ2v) is 4.00. The lowest BCUT2D eigenvalue weighted by atomic mass is 10.2. The molecule has 0 aromatic heterocycles. The summed E-state index contributed by atoms with van der Waals surface area (Å²) in [5.74, 6) is -0.770. The smallest absolute Gasteiger partial charge is 0.305 e. The highest BCUT2D eigenvalue weighted by Gasteiger charge is 2.09. The van der Waals surface area contributed by atoms with Crippen LogP contribution in [-0.4, -0.2) is 24.2 Å². The van der Waals surface area contributed by atoms with Gasteiger partial charge in [-0.1, -0.05) is 37.3 Å². The van der Waals surface area contributed by atoms with Gasteiger partial charge >= 0.3 is 5.97 Å². The molecule has 0 heterocycles. The van der Waals surface area contributed by atoms with Crippen LogP contribution in [0.4, 0.5) is 5.69 Å². The molecule has 0 amide bonds. The summed E-state index contributed by atoms with van der Waals surface area (Å²) in [4.78, 5) is 12.7. The number of hydrogen-bond donors (Lipinski definition) is 1. The highest BCUT2D eigenvalue weighted by Crippen LogP contribution is 2.15.